The van der Waals surface area contributed by atoms with Crippen molar-refractivity contribution in [1.82, 2.24) is 4.90 Å². The molecular weight excluding hydrogens is 406 g/mol. The number of amides is 1. The third kappa shape index (κ3) is 4.94. The molecule has 2 N–H and O–H groups in total. The van der Waals surface area contributed by atoms with Gasteiger partial charge in [-0.3, -0.25) is 4.79 Å². The van der Waals surface area contributed by atoms with Gasteiger partial charge in [0.2, 0.25) is 0 Å². The summed E-state index contributed by atoms with van der Waals surface area (Å²) in [6, 6.07) is 5.97. The van der Waals surface area contributed by atoms with Gasteiger partial charge in [0.05, 0.1) is 17.6 Å². The summed E-state index contributed by atoms with van der Waals surface area (Å²) in [5.74, 6) is -0.612. The Bertz CT molecular complexity index is 913. The fourth-order valence-corrected chi connectivity index (χ4v) is 4.50. The quantitative estimate of drug-likeness (QED) is 0.506. The number of ether oxygens (including phenoxy) is 1. The highest BCUT2D eigenvalue weighted by molar-refractivity contribution is 7.80. The maximum atomic E-state index is 12.9. The van der Waals surface area contributed by atoms with Crippen LogP contribution in [0.25, 0.3) is 0 Å². The molecule has 2 aromatic rings. The van der Waals surface area contributed by atoms with Crippen molar-refractivity contribution >= 4 is 51.2 Å². The van der Waals surface area contributed by atoms with E-state index >= 15 is 0 Å². The van der Waals surface area contributed by atoms with E-state index in [0.717, 1.165) is 16.8 Å². The summed E-state index contributed by atoms with van der Waals surface area (Å²) in [5.41, 5.74) is 3.95. The summed E-state index contributed by atoms with van der Waals surface area (Å²) < 4.78 is 4.94. The molecule has 0 fully saturated rings. The number of para-hydroxylation sites is 1. The van der Waals surface area contributed by atoms with Crippen molar-refractivity contribution in [2.75, 3.05) is 30.8 Å². The smallest absolute Gasteiger partial charge is 0.341 e. The zero-order valence-corrected chi connectivity index (χ0v) is 19.3. The van der Waals surface area contributed by atoms with Crippen LogP contribution in [0.15, 0.2) is 18.2 Å². The Labute approximate surface area is 181 Å². The van der Waals surface area contributed by atoms with Gasteiger partial charge in [0.25, 0.3) is 5.91 Å². The Morgan fingerprint density at radius 3 is 2.21 bits per heavy atom. The molecule has 1 heterocycles. The van der Waals surface area contributed by atoms with Gasteiger partial charge in [0.15, 0.2) is 5.11 Å². The number of nitrogens with zero attached hydrogens (tertiary/aromatic N) is 1. The molecule has 0 aliphatic carbocycles. The number of carbonyl (C=O) groups excluding carboxylic acids is 2. The molecule has 29 heavy (non-hydrogen) atoms. The molecule has 6 nitrogen and oxygen atoms in total. The molecule has 0 aliphatic heterocycles. The van der Waals surface area contributed by atoms with E-state index in [2.05, 4.69) is 10.6 Å². The third-order valence-electron chi connectivity index (χ3n) is 4.73. The minimum atomic E-state index is -0.505. The lowest BCUT2D eigenvalue weighted by Gasteiger charge is -2.18. The second-order valence-corrected chi connectivity index (χ2v) is 8.00. The molecule has 2 rings (SSSR count). The van der Waals surface area contributed by atoms with E-state index in [1.165, 1.54) is 18.4 Å². The second kappa shape index (κ2) is 9.84. The monoisotopic (exact) mass is 433 g/mol. The number of benzene rings is 1. The van der Waals surface area contributed by atoms with Crippen LogP contribution in [0.4, 0.5) is 10.7 Å². The Morgan fingerprint density at radius 2 is 1.69 bits per heavy atom. The van der Waals surface area contributed by atoms with E-state index in [0.29, 0.717) is 39.2 Å². The van der Waals surface area contributed by atoms with Crippen LogP contribution in [0.5, 0.6) is 0 Å². The molecule has 1 aromatic carbocycles. The number of thiophene rings is 1. The zero-order chi connectivity index (χ0) is 21.7. The van der Waals surface area contributed by atoms with Gasteiger partial charge in [0.1, 0.15) is 5.00 Å². The fourth-order valence-electron chi connectivity index (χ4n) is 3.07. The van der Waals surface area contributed by atoms with E-state index in [4.69, 9.17) is 17.0 Å². The molecule has 0 atom stereocenters. The Hall–Kier alpha value is -2.45. The van der Waals surface area contributed by atoms with Crippen LogP contribution in [0.3, 0.4) is 0 Å². The standard InChI is InChI=1S/C21H27N3O3S2/c1-7-24(8-2)19(25)17-14(5)15(20(26)27-6)18(29-17)23-21(28)22-16-12(3)10-9-11-13(16)4/h9-11H,7-8H2,1-6H3,(H2,22,23,28). The van der Waals surface area contributed by atoms with Crippen LogP contribution < -0.4 is 10.6 Å². The molecule has 0 saturated heterocycles. The van der Waals surface area contributed by atoms with E-state index < -0.39 is 5.97 Å². The highest BCUT2D eigenvalue weighted by Crippen LogP contribution is 2.35. The topological polar surface area (TPSA) is 70.7 Å². The van der Waals surface area contributed by atoms with Gasteiger partial charge in [-0.05, 0) is 63.5 Å². The van der Waals surface area contributed by atoms with Crippen molar-refractivity contribution < 1.29 is 14.3 Å². The van der Waals surface area contributed by atoms with Gasteiger partial charge in [-0.15, -0.1) is 11.3 Å². The summed E-state index contributed by atoms with van der Waals surface area (Å²) in [7, 11) is 1.32. The fraction of sp³-hybridized carbons (Fsp3) is 0.381. The van der Waals surface area contributed by atoms with Crippen LogP contribution in [-0.2, 0) is 4.74 Å². The molecule has 0 aliphatic rings. The number of thiocarbonyl (C=S) groups is 1. The lowest BCUT2D eigenvalue weighted by atomic mass is 10.1. The number of anilines is 2. The van der Waals surface area contributed by atoms with Crippen molar-refractivity contribution in [3.05, 3.63) is 45.3 Å². The number of hydrogen-bond donors (Lipinski definition) is 2. The largest absolute Gasteiger partial charge is 0.465 e. The molecule has 1 aromatic heterocycles. The first-order valence-corrected chi connectivity index (χ1v) is 10.6. The lowest BCUT2D eigenvalue weighted by Crippen LogP contribution is -2.30. The first kappa shape index (κ1) is 22.8. The average Bonchev–Trinajstić information content (AvgIpc) is 3.00. The Balaban J connectivity index is 2.38. The lowest BCUT2D eigenvalue weighted by molar-refractivity contribution is 0.0601. The summed E-state index contributed by atoms with van der Waals surface area (Å²) in [5, 5.41) is 7.12. The number of aryl methyl sites for hydroxylation is 2. The first-order chi connectivity index (χ1) is 13.7. The number of carbonyl (C=O) groups is 2. The van der Waals surface area contributed by atoms with Gasteiger partial charge in [-0.25, -0.2) is 4.79 Å². The molecule has 0 saturated carbocycles. The van der Waals surface area contributed by atoms with Crippen molar-refractivity contribution in [2.24, 2.45) is 0 Å². The molecule has 0 spiro atoms. The van der Waals surface area contributed by atoms with Crippen LogP contribution in [0.1, 0.15) is 50.6 Å². The van der Waals surface area contributed by atoms with Crippen molar-refractivity contribution in [3.8, 4) is 0 Å². The number of hydrogen-bond acceptors (Lipinski definition) is 5. The first-order valence-electron chi connectivity index (χ1n) is 9.40. The maximum absolute atomic E-state index is 12.9. The summed E-state index contributed by atoms with van der Waals surface area (Å²) in [6.07, 6.45) is 0. The zero-order valence-electron chi connectivity index (χ0n) is 17.6. The minimum absolute atomic E-state index is 0.107. The normalized spacial score (nSPS) is 10.4. The minimum Gasteiger partial charge on any atom is -0.465 e. The van der Waals surface area contributed by atoms with Crippen molar-refractivity contribution in [2.45, 2.75) is 34.6 Å². The molecular formula is C21H27N3O3S2. The van der Waals surface area contributed by atoms with Crippen LogP contribution in [-0.4, -0.2) is 42.1 Å². The van der Waals surface area contributed by atoms with E-state index in [1.54, 1.807) is 11.8 Å². The molecule has 0 bridgehead atoms. The summed E-state index contributed by atoms with van der Waals surface area (Å²) >= 11 is 6.69. The Kier molecular flexibility index (Phi) is 7.75. The van der Waals surface area contributed by atoms with Crippen molar-refractivity contribution in [3.63, 3.8) is 0 Å². The molecule has 156 valence electrons. The predicted molar refractivity (Wildman–Crippen MR) is 123 cm³/mol. The summed E-state index contributed by atoms with van der Waals surface area (Å²) in [6.45, 7) is 10.8. The number of methoxy groups -OCH3 is 1. The van der Waals surface area contributed by atoms with Gasteiger partial charge >= 0.3 is 5.97 Å². The maximum Gasteiger partial charge on any atom is 0.341 e. The Morgan fingerprint density at radius 1 is 1.10 bits per heavy atom. The van der Waals surface area contributed by atoms with E-state index in [9.17, 15) is 9.59 Å². The SMILES string of the molecule is CCN(CC)C(=O)c1sc(NC(=S)Nc2c(C)cccc2C)c(C(=O)OC)c1C. The molecule has 8 heteroatoms. The third-order valence-corrected chi connectivity index (χ3v) is 6.13. The number of nitrogens with one attached hydrogen (secondary N) is 2. The molecule has 0 radical (unpaired) electrons. The van der Waals surface area contributed by atoms with Crippen LogP contribution >= 0.6 is 23.6 Å². The number of esters is 1. The van der Waals surface area contributed by atoms with E-state index in [-0.39, 0.29) is 5.91 Å². The predicted octanol–water partition coefficient (Wildman–Crippen LogP) is 4.75. The van der Waals surface area contributed by atoms with E-state index in [1.807, 2.05) is 45.9 Å². The van der Waals surface area contributed by atoms with Gasteiger partial charge in [-0.2, -0.15) is 0 Å². The van der Waals surface area contributed by atoms with Crippen LogP contribution in [0.2, 0.25) is 0 Å². The highest BCUT2D eigenvalue weighted by atomic mass is 32.1. The van der Waals surface area contributed by atoms with Gasteiger partial charge < -0.3 is 20.3 Å². The highest BCUT2D eigenvalue weighted by Gasteiger charge is 2.27. The van der Waals surface area contributed by atoms with Gasteiger partial charge in [0, 0.05) is 18.8 Å². The number of rotatable bonds is 6. The van der Waals surface area contributed by atoms with Crippen LogP contribution in [0, 0.1) is 20.8 Å². The molecule has 0 unspecified atom stereocenters. The average molecular weight is 434 g/mol. The molecule has 1 amide bonds. The second-order valence-electron chi connectivity index (χ2n) is 6.58. The van der Waals surface area contributed by atoms with Gasteiger partial charge in [-0.1, -0.05) is 18.2 Å². The van der Waals surface area contributed by atoms with Crippen molar-refractivity contribution in [1.29, 1.82) is 0 Å². The summed E-state index contributed by atoms with van der Waals surface area (Å²) in [4.78, 5) is 27.5.